The molecule has 0 spiro atoms. The summed E-state index contributed by atoms with van der Waals surface area (Å²) in [6.07, 6.45) is 3.13. The first-order chi connectivity index (χ1) is 8.08. The summed E-state index contributed by atoms with van der Waals surface area (Å²) in [6.45, 7) is 7.60. The first kappa shape index (κ1) is 14.0. The van der Waals surface area contributed by atoms with Crippen molar-refractivity contribution < 1.29 is 9.59 Å². The molecular formula is C13H24N2O2. The molecule has 1 saturated heterocycles. The molecule has 2 atom stereocenters. The van der Waals surface area contributed by atoms with E-state index in [-0.39, 0.29) is 17.9 Å². The fourth-order valence-electron chi connectivity index (χ4n) is 2.10. The Balaban J connectivity index is 2.56. The molecule has 17 heavy (non-hydrogen) atoms. The van der Waals surface area contributed by atoms with Crippen molar-refractivity contribution >= 4 is 11.8 Å². The number of hydrogen-bond acceptors (Lipinski definition) is 2. The zero-order chi connectivity index (χ0) is 12.8. The van der Waals surface area contributed by atoms with Gasteiger partial charge < -0.3 is 10.2 Å². The van der Waals surface area contributed by atoms with Gasteiger partial charge in [-0.2, -0.15) is 0 Å². The van der Waals surface area contributed by atoms with Gasteiger partial charge in [-0.25, -0.2) is 0 Å². The molecule has 1 heterocycles. The van der Waals surface area contributed by atoms with Crippen molar-refractivity contribution in [3.05, 3.63) is 0 Å². The molecule has 1 unspecified atom stereocenters. The van der Waals surface area contributed by atoms with Crippen molar-refractivity contribution in [2.24, 2.45) is 5.92 Å². The molecule has 4 heteroatoms. The lowest BCUT2D eigenvalue weighted by atomic mass is 9.98. The van der Waals surface area contributed by atoms with E-state index in [9.17, 15) is 9.59 Å². The SMILES string of the molecule is CCC(=O)N[C@@H](CN1CCCC1=O)C(C)CC. The first-order valence-electron chi connectivity index (χ1n) is 6.65. The van der Waals surface area contributed by atoms with E-state index < -0.39 is 0 Å². The smallest absolute Gasteiger partial charge is 0.222 e. The summed E-state index contributed by atoms with van der Waals surface area (Å²) in [4.78, 5) is 25.0. The summed E-state index contributed by atoms with van der Waals surface area (Å²) >= 11 is 0. The van der Waals surface area contributed by atoms with Crippen LogP contribution in [0.2, 0.25) is 0 Å². The molecule has 1 aliphatic rings. The Morgan fingerprint density at radius 1 is 1.47 bits per heavy atom. The molecule has 0 saturated carbocycles. The van der Waals surface area contributed by atoms with Crippen LogP contribution in [0.3, 0.4) is 0 Å². The lowest BCUT2D eigenvalue weighted by Gasteiger charge is -2.28. The summed E-state index contributed by atoms with van der Waals surface area (Å²) < 4.78 is 0. The minimum absolute atomic E-state index is 0.0712. The molecular weight excluding hydrogens is 216 g/mol. The van der Waals surface area contributed by atoms with E-state index in [1.807, 2.05) is 11.8 Å². The van der Waals surface area contributed by atoms with E-state index in [1.165, 1.54) is 0 Å². The van der Waals surface area contributed by atoms with Crippen molar-refractivity contribution in [1.29, 1.82) is 0 Å². The summed E-state index contributed by atoms with van der Waals surface area (Å²) in [5.74, 6) is 0.699. The average molecular weight is 240 g/mol. The van der Waals surface area contributed by atoms with Gasteiger partial charge in [0.15, 0.2) is 0 Å². The molecule has 0 aromatic carbocycles. The second kappa shape index (κ2) is 6.62. The first-order valence-corrected chi connectivity index (χ1v) is 6.65. The predicted molar refractivity (Wildman–Crippen MR) is 67.5 cm³/mol. The molecule has 4 nitrogen and oxygen atoms in total. The van der Waals surface area contributed by atoms with Crippen LogP contribution in [0.25, 0.3) is 0 Å². The molecule has 0 aromatic heterocycles. The molecule has 1 N–H and O–H groups in total. The van der Waals surface area contributed by atoms with E-state index in [0.29, 0.717) is 25.3 Å². The van der Waals surface area contributed by atoms with Gasteiger partial charge in [0.1, 0.15) is 0 Å². The van der Waals surface area contributed by atoms with Gasteiger partial charge in [-0.1, -0.05) is 27.2 Å². The molecule has 0 aliphatic carbocycles. The Morgan fingerprint density at radius 3 is 2.65 bits per heavy atom. The van der Waals surface area contributed by atoms with Crippen molar-refractivity contribution in [3.8, 4) is 0 Å². The van der Waals surface area contributed by atoms with Gasteiger partial charge in [-0.15, -0.1) is 0 Å². The topological polar surface area (TPSA) is 49.4 Å². The van der Waals surface area contributed by atoms with Gasteiger partial charge >= 0.3 is 0 Å². The lowest BCUT2D eigenvalue weighted by Crippen LogP contribution is -2.47. The van der Waals surface area contributed by atoms with Gasteiger partial charge in [0.25, 0.3) is 0 Å². The number of rotatable bonds is 6. The molecule has 1 aliphatic heterocycles. The highest BCUT2D eigenvalue weighted by Crippen LogP contribution is 2.15. The highest BCUT2D eigenvalue weighted by atomic mass is 16.2. The average Bonchev–Trinajstić information content (AvgIpc) is 2.73. The maximum Gasteiger partial charge on any atom is 0.222 e. The van der Waals surface area contributed by atoms with Crippen molar-refractivity contribution in [2.45, 2.75) is 52.5 Å². The standard InChI is InChI=1S/C13H24N2O2/c1-4-10(3)11(14-12(16)5-2)9-15-8-6-7-13(15)17/h10-11H,4-9H2,1-3H3,(H,14,16)/t10?,11-/m0/s1. The Kier molecular flexibility index (Phi) is 5.45. The summed E-state index contributed by atoms with van der Waals surface area (Å²) in [5, 5.41) is 3.03. The molecule has 0 radical (unpaired) electrons. The minimum atomic E-state index is 0.0712. The fourth-order valence-corrected chi connectivity index (χ4v) is 2.10. The number of likely N-dealkylation sites (tertiary alicyclic amines) is 1. The van der Waals surface area contributed by atoms with Crippen molar-refractivity contribution in [2.75, 3.05) is 13.1 Å². The number of carbonyl (C=O) groups excluding carboxylic acids is 2. The Hall–Kier alpha value is -1.06. The zero-order valence-electron chi connectivity index (χ0n) is 11.2. The van der Waals surface area contributed by atoms with Gasteiger partial charge in [0.2, 0.25) is 11.8 Å². The predicted octanol–water partition coefficient (Wildman–Crippen LogP) is 1.55. The summed E-state index contributed by atoms with van der Waals surface area (Å²) in [7, 11) is 0. The number of amides is 2. The molecule has 0 bridgehead atoms. The second-order valence-corrected chi connectivity index (χ2v) is 4.86. The van der Waals surface area contributed by atoms with Crippen molar-refractivity contribution in [3.63, 3.8) is 0 Å². The van der Waals surface area contributed by atoms with Crippen molar-refractivity contribution in [1.82, 2.24) is 10.2 Å². The lowest BCUT2D eigenvalue weighted by molar-refractivity contribution is -0.129. The number of nitrogens with one attached hydrogen (secondary N) is 1. The van der Waals surface area contributed by atoms with Crippen LogP contribution >= 0.6 is 0 Å². The van der Waals surface area contributed by atoms with E-state index in [2.05, 4.69) is 19.2 Å². The largest absolute Gasteiger partial charge is 0.351 e. The maximum atomic E-state index is 11.6. The van der Waals surface area contributed by atoms with Crippen LogP contribution < -0.4 is 5.32 Å². The monoisotopic (exact) mass is 240 g/mol. The third kappa shape index (κ3) is 4.02. The fraction of sp³-hybridized carbons (Fsp3) is 0.846. The van der Waals surface area contributed by atoms with Gasteiger partial charge in [-0.05, 0) is 12.3 Å². The van der Waals surface area contributed by atoms with Gasteiger partial charge in [0.05, 0.1) is 0 Å². The third-order valence-electron chi connectivity index (χ3n) is 3.59. The van der Waals surface area contributed by atoms with E-state index >= 15 is 0 Å². The molecule has 2 amide bonds. The number of nitrogens with zero attached hydrogens (tertiary/aromatic N) is 1. The second-order valence-electron chi connectivity index (χ2n) is 4.86. The Morgan fingerprint density at radius 2 is 2.18 bits per heavy atom. The van der Waals surface area contributed by atoms with Crippen LogP contribution in [-0.2, 0) is 9.59 Å². The van der Waals surface area contributed by atoms with Crippen LogP contribution in [-0.4, -0.2) is 35.8 Å². The maximum absolute atomic E-state index is 11.6. The van der Waals surface area contributed by atoms with Crippen LogP contribution in [0.5, 0.6) is 0 Å². The molecule has 1 rings (SSSR count). The van der Waals surface area contributed by atoms with Crippen LogP contribution in [0.1, 0.15) is 46.5 Å². The van der Waals surface area contributed by atoms with E-state index in [0.717, 1.165) is 19.4 Å². The zero-order valence-corrected chi connectivity index (χ0v) is 11.2. The molecule has 98 valence electrons. The minimum Gasteiger partial charge on any atom is -0.351 e. The van der Waals surface area contributed by atoms with Crippen LogP contribution in [0, 0.1) is 5.92 Å². The van der Waals surface area contributed by atoms with Gasteiger partial charge in [0, 0.05) is 32.0 Å². The molecule has 1 fully saturated rings. The number of carbonyl (C=O) groups is 2. The van der Waals surface area contributed by atoms with Crippen LogP contribution in [0.15, 0.2) is 0 Å². The highest BCUT2D eigenvalue weighted by Gasteiger charge is 2.26. The van der Waals surface area contributed by atoms with E-state index in [1.54, 1.807) is 0 Å². The van der Waals surface area contributed by atoms with Crippen LogP contribution in [0.4, 0.5) is 0 Å². The van der Waals surface area contributed by atoms with Gasteiger partial charge in [-0.3, -0.25) is 9.59 Å². The summed E-state index contributed by atoms with van der Waals surface area (Å²) in [6, 6.07) is 0.0921. The summed E-state index contributed by atoms with van der Waals surface area (Å²) in [5.41, 5.74) is 0. The molecule has 0 aromatic rings. The van der Waals surface area contributed by atoms with E-state index in [4.69, 9.17) is 0 Å². The Labute approximate surface area is 104 Å². The number of hydrogen-bond donors (Lipinski definition) is 1. The Bertz CT molecular complexity index is 279. The quantitative estimate of drug-likeness (QED) is 0.766. The normalized spacial score (nSPS) is 19.2. The third-order valence-corrected chi connectivity index (χ3v) is 3.59. The highest BCUT2D eigenvalue weighted by molar-refractivity contribution is 5.78.